The maximum Gasteiger partial charge on any atom is 0.223 e. The summed E-state index contributed by atoms with van der Waals surface area (Å²) in [7, 11) is 0. The lowest BCUT2D eigenvalue weighted by atomic mass is 10.2. The van der Waals surface area contributed by atoms with E-state index in [0.29, 0.717) is 5.89 Å². The van der Waals surface area contributed by atoms with Crippen molar-refractivity contribution in [3.05, 3.63) is 41.0 Å². The minimum atomic E-state index is 0.625. The van der Waals surface area contributed by atoms with Gasteiger partial charge in [0.15, 0.2) is 5.82 Å². The van der Waals surface area contributed by atoms with Crippen LogP contribution in [-0.2, 0) is 6.54 Å². The molecule has 0 N–H and O–H groups in total. The number of aryl methyl sites for hydroxylation is 1. The second-order valence-corrected chi connectivity index (χ2v) is 5.41. The van der Waals surface area contributed by atoms with Crippen LogP contribution in [-0.4, -0.2) is 41.2 Å². The molecule has 0 atom stereocenters. The molecule has 1 fully saturated rings. The van der Waals surface area contributed by atoms with Gasteiger partial charge in [-0.25, -0.2) is 0 Å². The van der Waals surface area contributed by atoms with Crippen molar-refractivity contribution >= 4 is 17.3 Å². The van der Waals surface area contributed by atoms with Crippen LogP contribution in [0.25, 0.3) is 0 Å². The summed E-state index contributed by atoms with van der Waals surface area (Å²) >= 11 is 5.92. The summed E-state index contributed by atoms with van der Waals surface area (Å²) in [6, 6.07) is 8.01. The first-order valence-corrected chi connectivity index (χ1v) is 7.10. The molecule has 1 aliphatic rings. The molecule has 0 radical (unpaired) electrons. The van der Waals surface area contributed by atoms with E-state index < -0.39 is 0 Å². The second-order valence-electron chi connectivity index (χ2n) is 4.97. The molecule has 5 nitrogen and oxygen atoms in total. The fourth-order valence-electron chi connectivity index (χ4n) is 2.42. The van der Waals surface area contributed by atoms with Crippen LogP contribution in [0.4, 0.5) is 5.69 Å². The van der Waals surface area contributed by atoms with Crippen LogP contribution in [0.5, 0.6) is 0 Å². The van der Waals surface area contributed by atoms with Gasteiger partial charge in [0, 0.05) is 43.8 Å². The van der Waals surface area contributed by atoms with Crippen molar-refractivity contribution in [1.82, 2.24) is 15.0 Å². The SMILES string of the molecule is Cc1nc(CN2CCN(c3ccc(Cl)cc3)CC2)no1. The molecule has 1 aromatic heterocycles. The highest BCUT2D eigenvalue weighted by atomic mass is 35.5. The van der Waals surface area contributed by atoms with Gasteiger partial charge in [-0.15, -0.1) is 0 Å². The summed E-state index contributed by atoms with van der Waals surface area (Å²) in [5.74, 6) is 1.39. The molecule has 1 aliphatic heterocycles. The van der Waals surface area contributed by atoms with Gasteiger partial charge in [0.05, 0.1) is 6.54 Å². The third-order valence-electron chi connectivity index (χ3n) is 3.50. The molecule has 20 heavy (non-hydrogen) atoms. The number of hydrogen-bond acceptors (Lipinski definition) is 5. The topological polar surface area (TPSA) is 45.4 Å². The van der Waals surface area contributed by atoms with Crippen LogP contribution < -0.4 is 4.90 Å². The van der Waals surface area contributed by atoms with E-state index in [4.69, 9.17) is 16.1 Å². The number of halogens is 1. The average molecular weight is 293 g/mol. The van der Waals surface area contributed by atoms with Crippen molar-refractivity contribution in [1.29, 1.82) is 0 Å². The normalized spacial score (nSPS) is 16.6. The number of nitrogens with zero attached hydrogens (tertiary/aromatic N) is 4. The molecule has 6 heteroatoms. The molecule has 106 valence electrons. The Hall–Kier alpha value is -1.59. The predicted molar refractivity (Wildman–Crippen MR) is 78.0 cm³/mol. The van der Waals surface area contributed by atoms with E-state index >= 15 is 0 Å². The molecular weight excluding hydrogens is 276 g/mol. The molecule has 1 saturated heterocycles. The molecule has 2 aromatic rings. The van der Waals surface area contributed by atoms with Gasteiger partial charge in [-0.3, -0.25) is 4.90 Å². The quantitative estimate of drug-likeness (QED) is 0.869. The number of rotatable bonds is 3. The van der Waals surface area contributed by atoms with E-state index in [9.17, 15) is 0 Å². The van der Waals surface area contributed by atoms with Crippen LogP contribution in [0.2, 0.25) is 5.02 Å². The average Bonchev–Trinajstić information content (AvgIpc) is 2.86. The zero-order valence-corrected chi connectivity index (χ0v) is 12.2. The smallest absolute Gasteiger partial charge is 0.223 e. The van der Waals surface area contributed by atoms with Crippen molar-refractivity contribution in [2.45, 2.75) is 13.5 Å². The number of aromatic nitrogens is 2. The molecule has 0 saturated carbocycles. The lowest BCUT2D eigenvalue weighted by Gasteiger charge is -2.35. The molecule has 3 rings (SSSR count). The van der Waals surface area contributed by atoms with E-state index in [1.807, 2.05) is 19.1 Å². The Labute approximate surface area is 123 Å². The highest BCUT2D eigenvalue weighted by molar-refractivity contribution is 6.30. The van der Waals surface area contributed by atoms with Gasteiger partial charge in [0.2, 0.25) is 5.89 Å². The maximum atomic E-state index is 5.92. The number of anilines is 1. The van der Waals surface area contributed by atoms with E-state index in [2.05, 4.69) is 32.1 Å². The zero-order valence-electron chi connectivity index (χ0n) is 11.4. The molecule has 0 unspecified atom stereocenters. The minimum absolute atomic E-state index is 0.625. The van der Waals surface area contributed by atoms with Crippen molar-refractivity contribution in [3.8, 4) is 0 Å². The van der Waals surface area contributed by atoms with Crippen LogP contribution >= 0.6 is 11.6 Å². The second kappa shape index (κ2) is 5.81. The zero-order chi connectivity index (χ0) is 13.9. The summed E-state index contributed by atoms with van der Waals surface area (Å²) in [5.41, 5.74) is 1.23. The summed E-state index contributed by atoms with van der Waals surface area (Å²) in [6.07, 6.45) is 0. The first-order valence-electron chi connectivity index (χ1n) is 6.73. The molecular formula is C14H17ClN4O. The van der Waals surface area contributed by atoms with E-state index in [0.717, 1.165) is 43.6 Å². The van der Waals surface area contributed by atoms with Gasteiger partial charge in [-0.1, -0.05) is 16.8 Å². The Bertz CT molecular complexity index is 561. The summed E-state index contributed by atoms with van der Waals surface area (Å²) in [4.78, 5) is 8.96. The Morgan fingerprint density at radius 3 is 2.45 bits per heavy atom. The van der Waals surface area contributed by atoms with Crippen LogP contribution in [0.1, 0.15) is 11.7 Å². The number of piperazine rings is 1. The molecule has 1 aromatic carbocycles. The van der Waals surface area contributed by atoms with Gasteiger partial charge in [-0.05, 0) is 24.3 Å². The van der Waals surface area contributed by atoms with Crippen molar-refractivity contribution < 1.29 is 4.52 Å². The molecule has 2 heterocycles. The largest absolute Gasteiger partial charge is 0.369 e. The van der Waals surface area contributed by atoms with Gasteiger partial charge in [0.1, 0.15) is 0 Å². The minimum Gasteiger partial charge on any atom is -0.369 e. The van der Waals surface area contributed by atoms with Gasteiger partial charge in [0.25, 0.3) is 0 Å². The van der Waals surface area contributed by atoms with Crippen molar-refractivity contribution in [3.63, 3.8) is 0 Å². The van der Waals surface area contributed by atoms with Gasteiger partial charge >= 0.3 is 0 Å². The lowest BCUT2D eigenvalue weighted by Crippen LogP contribution is -2.46. The lowest BCUT2D eigenvalue weighted by molar-refractivity contribution is 0.240. The Balaban J connectivity index is 1.55. The van der Waals surface area contributed by atoms with Crippen LogP contribution in [0, 0.1) is 6.92 Å². The monoisotopic (exact) mass is 292 g/mol. The molecule has 0 bridgehead atoms. The summed E-state index contributed by atoms with van der Waals surface area (Å²) < 4.78 is 5.00. The standard InChI is InChI=1S/C14H17ClN4O/c1-11-16-14(17-20-11)10-18-6-8-19(9-7-18)13-4-2-12(15)3-5-13/h2-5H,6-10H2,1H3. The molecule has 0 aliphatic carbocycles. The highest BCUT2D eigenvalue weighted by Gasteiger charge is 2.18. The van der Waals surface area contributed by atoms with Crippen LogP contribution in [0.3, 0.4) is 0 Å². The van der Waals surface area contributed by atoms with E-state index in [-0.39, 0.29) is 0 Å². The third kappa shape index (κ3) is 3.11. The van der Waals surface area contributed by atoms with E-state index in [1.54, 1.807) is 0 Å². The highest BCUT2D eigenvalue weighted by Crippen LogP contribution is 2.19. The van der Waals surface area contributed by atoms with Gasteiger partial charge < -0.3 is 9.42 Å². The fraction of sp³-hybridized carbons (Fsp3) is 0.429. The van der Waals surface area contributed by atoms with Crippen molar-refractivity contribution in [2.24, 2.45) is 0 Å². The number of hydrogen-bond donors (Lipinski definition) is 0. The summed E-state index contributed by atoms with van der Waals surface area (Å²) in [5, 5.41) is 4.72. The Morgan fingerprint density at radius 2 is 1.85 bits per heavy atom. The summed E-state index contributed by atoms with van der Waals surface area (Å²) in [6.45, 7) is 6.56. The van der Waals surface area contributed by atoms with E-state index in [1.165, 1.54) is 5.69 Å². The van der Waals surface area contributed by atoms with Crippen molar-refractivity contribution in [2.75, 3.05) is 31.1 Å². The third-order valence-corrected chi connectivity index (χ3v) is 3.75. The molecule has 0 spiro atoms. The van der Waals surface area contributed by atoms with Gasteiger partial charge in [-0.2, -0.15) is 4.98 Å². The first-order chi connectivity index (χ1) is 9.70. The van der Waals surface area contributed by atoms with Crippen LogP contribution in [0.15, 0.2) is 28.8 Å². The number of benzene rings is 1. The first kappa shape index (κ1) is 13.4. The Kier molecular flexibility index (Phi) is 3.89. The maximum absolute atomic E-state index is 5.92. The Morgan fingerprint density at radius 1 is 1.15 bits per heavy atom. The molecule has 0 amide bonds. The predicted octanol–water partition coefficient (Wildman–Crippen LogP) is 2.35. The fourth-order valence-corrected chi connectivity index (χ4v) is 2.55.